The highest BCUT2D eigenvalue weighted by Gasteiger charge is 2.11. The standard InChI is InChI=1S/C45H58N2O4/c1-3-5-7-9-11-13-14-16-18-20-36-50-45(48)41-29-25-38(26-30-41)22-21-37-23-27-40(28-24-37)44-46-43(47-51-44)39-31-33-42(34-32-39)49-35-19-17-15-12-10-8-6-4-2/h23-34H,3-20,35-36H2,1-2H3. The summed E-state index contributed by atoms with van der Waals surface area (Å²) >= 11 is 0. The van der Waals surface area contributed by atoms with Crippen molar-refractivity contribution in [2.75, 3.05) is 13.2 Å². The lowest BCUT2D eigenvalue weighted by molar-refractivity contribution is 0.0497. The highest BCUT2D eigenvalue weighted by molar-refractivity contribution is 5.89. The van der Waals surface area contributed by atoms with Crippen molar-refractivity contribution in [1.82, 2.24) is 10.1 Å². The molecule has 0 spiro atoms. The van der Waals surface area contributed by atoms with Crippen molar-refractivity contribution < 1.29 is 18.8 Å². The van der Waals surface area contributed by atoms with E-state index in [0.717, 1.165) is 53.9 Å². The lowest BCUT2D eigenvalue weighted by Crippen LogP contribution is -2.06. The van der Waals surface area contributed by atoms with Crippen LogP contribution in [-0.2, 0) is 4.74 Å². The Morgan fingerprint density at radius 2 is 1.04 bits per heavy atom. The van der Waals surface area contributed by atoms with E-state index in [4.69, 9.17) is 14.0 Å². The molecule has 3 aromatic carbocycles. The van der Waals surface area contributed by atoms with Crippen molar-refractivity contribution in [2.24, 2.45) is 0 Å². The van der Waals surface area contributed by atoms with Crippen molar-refractivity contribution in [3.63, 3.8) is 0 Å². The average molecular weight is 691 g/mol. The third-order valence-electron chi connectivity index (χ3n) is 9.14. The molecule has 0 fully saturated rings. The maximum Gasteiger partial charge on any atom is 0.338 e. The van der Waals surface area contributed by atoms with Crippen LogP contribution in [0.4, 0.5) is 0 Å². The molecule has 0 aliphatic rings. The first-order valence-corrected chi connectivity index (χ1v) is 19.6. The smallest absolute Gasteiger partial charge is 0.338 e. The van der Waals surface area contributed by atoms with Gasteiger partial charge in [0.25, 0.3) is 5.89 Å². The highest BCUT2D eigenvalue weighted by atomic mass is 16.5. The summed E-state index contributed by atoms with van der Waals surface area (Å²) in [5.41, 5.74) is 3.94. The van der Waals surface area contributed by atoms with Gasteiger partial charge in [0.2, 0.25) is 5.82 Å². The fourth-order valence-corrected chi connectivity index (χ4v) is 5.95. The van der Waals surface area contributed by atoms with Gasteiger partial charge in [0.1, 0.15) is 5.75 Å². The van der Waals surface area contributed by atoms with Gasteiger partial charge in [-0.3, -0.25) is 0 Å². The normalized spacial score (nSPS) is 10.9. The molecule has 0 saturated heterocycles. The van der Waals surface area contributed by atoms with Crippen molar-refractivity contribution in [2.45, 2.75) is 129 Å². The first kappa shape index (κ1) is 39.4. The Morgan fingerprint density at radius 3 is 1.59 bits per heavy atom. The monoisotopic (exact) mass is 690 g/mol. The number of aromatic nitrogens is 2. The van der Waals surface area contributed by atoms with Crippen LogP contribution in [0.1, 0.15) is 151 Å². The number of esters is 1. The third-order valence-corrected chi connectivity index (χ3v) is 9.14. The molecule has 272 valence electrons. The number of unbranched alkanes of at least 4 members (excludes halogenated alkanes) is 16. The summed E-state index contributed by atoms with van der Waals surface area (Å²) in [6.07, 6.45) is 22.8. The largest absolute Gasteiger partial charge is 0.494 e. The molecule has 51 heavy (non-hydrogen) atoms. The number of nitrogens with zero attached hydrogens (tertiary/aromatic N) is 2. The lowest BCUT2D eigenvalue weighted by Gasteiger charge is -2.06. The lowest BCUT2D eigenvalue weighted by atomic mass is 10.1. The van der Waals surface area contributed by atoms with Crippen LogP contribution >= 0.6 is 0 Å². The van der Waals surface area contributed by atoms with Gasteiger partial charge in [0.05, 0.1) is 18.8 Å². The molecule has 6 nitrogen and oxygen atoms in total. The second-order valence-corrected chi connectivity index (χ2v) is 13.5. The first-order valence-electron chi connectivity index (χ1n) is 19.6. The van der Waals surface area contributed by atoms with E-state index in [1.54, 1.807) is 12.1 Å². The van der Waals surface area contributed by atoms with Crippen LogP contribution in [0.3, 0.4) is 0 Å². The van der Waals surface area contributed by atoms with Crippen LogP contribution in [0.15, 0.2) is 77.3 Å². The van der Waals surface area contributed by atoms with E-state index in [1.165, 1.54) is 96.3 Å². The van der Waals surface area contributed by atoms with Crippen molar-refractivity contribution >= 4 is 5.97 Å². The zero-order valence-corrected chi connectivity index (χ0v) is 31.1. The molecule has 0 aliphatic carbocycles. The zero-order valence-electron chi connectivity index (χ0n) is 31.1. The van der Waals surface area contributed by atoms with Gasteiger partial charge in [-0.25, -0.2) is 4.79 Å². The van der Waals surface area contributed by atoms with Gasteiger partial charge in [-0.1, -0.05) is 134 Å². The molecule has 0 radical (unpaired) electrons. The Hall–Kier alpha value is -4.37. The maximum atomic E-state index is 12.4. The summed E-state index contributed by atoms with van der Waals surface area (Å²) in [5.74, 6) is 7.93. The number of rotatable bonds is 24. The van der Waals surface area contributed by atoms with E-state index in [9.17, 15) is 4.79 Å². The topological polar surface area (TPSA) is 74.5 Å². The highest BCUT2D eigenvalue weighted by Crippen LogP contribution is 2.24. The quantitative estimate of drug-likeness (QED) is 0.0414. The van der Waals surface area contributed by atoms with Gasteiger partial charge in [-0.15, -0.1) is 0 Å². The van der Waals surface area contributed by atoms with E-state index in [1.807, 2.05) is 60.7 Å². The summed E-state index contributed by atoms with van der Waals surface area (Å²) in [6, 6.07) is 22.8. The van der Waals surface area contributed by atoms with Gasteiger partial charge >= 0.3 is 5.97 Å². The number of ether oxygens (including phenoxy) is 2. The summed E-state index contributed by atoms with van der Waals surface area (Å²) in [6.45, 7) is 5.72. The van der Waals surface area contributed by atoms with Crippen LogP contribution in [0.5, 0.6) is 5.75 Å². The van der Waals surface area contributed by atoms with Crippen molar-refractivity contribution in [3.05, 3.63) is 89.5 Å². The second kappa shape index (κ2) is 23.9. The number of carbonyl (C=O) groups excluding carboxylic acids is 1. The SMILES string of the molecule is CCCCCCCCCCCCOC(=O)c1ccc(C#Cc2ccc(-c3nc(-c4ccc(OCCCCCCCCCC)cc4)no3)cc2)cc1. The third kappa shape index (κ3) is 15.2. The number of hydrogen-bond acceptors (Lipinski definition) is 6. The molecule has 1 aromatic heterocycles. The Morgan fingerprint density at radius 1 is 0.569 bits per heavy atom. The minimum atomic E-state index is -0.277. The number of carbonyl (C=O) groups is 1. The Kier molecular flexibility index (Phi) is 18.5. The molecule has 0 unspecified atom stereocenters. The summed E-state index contributed by atoms with van der Waals surface area (Å²) in [7, 11) is 0. The average Bonchev–Trinajstić information content (AvgIpc) is 3.67. The first-order chi connectivity index (χ1) is 25.2. The molecule has 0 atom stereocenters. The molecule has 0 amide bonds. The molecule has 0 N–H and O–H groups in total. The van der Waals surface area contributed by atoms with Gasteiger partial charge < -0.3 is 14.0 Å². The minimum Gasteiger partial charge on any atom is -0.494 e. The Labute approximate surface area is 306 Å². The molecular weight excluding hydrogens is 633 g/mol. The van der Waals surface area contributed by atoms with Gasteiger partial charge in [0.15, 0.2) is 0 Å². The molecule has 6 heteroatoms. The summed E-state index contributed by atoms with van der Waals surface area (Å²) in [5, 5.41) is 4.19. The van der Waals surface area contributed by atoms with Gasteiger partial charge in [-0.05, 0) is 85.6 Å². The van der Waals surface area contributed by atoms with E-state index in [0.29, 0.717) is 23.9 Å². The van der Waals surface area contributed by atoms with Gasteiger partial charge in [-0.2, -0.15) is 4.98 Å². The molecular formula is C45H58N2O4. The summed E-state index contributed by atoms with van der Waals surface area (Å²) < 4.78 is 17.0. The van der Waals surface area contributed by atoms with Gasteiger partial charge in [0, 0.05) is 22.3 Å². The molecule has 0 bridgehead atoms. The predicted molar refractivity (Wildman–Crippen MR) is 208 cm³/mol. The molecule has 4 rings (SSSR count). The Bertz CT molecular complexity index is 1580. The predicted octanol–water partition coefficient (Wildman–Crippen LogP) is 12.4. The van der Waals surface area contributed by atoms with Crippen molar-refractivity contribution in [1.29, 1.82) is 0 Å². The molecule has 0 aliphatic heterocycles. The number of benzene rings is 3. The van der Waals surface area contributed by atoms with Crippen molar-refractivity contribution in [3.8, 4) is 40.4 Å². The van der Waals surface area contributed by atoms with E-state index in [2.05, 4.69) is 35.8 Å². The molecule has 0 saturated carbocycles. The van der Waals surface area contributed by atoms with Crippen LogP contribution in [-0.4, -0.2) is 29.3 Å². The molecule has 1 heterocycles. The number of hydrogen-bond donors (Lipinski definition) is 0. The second-order valence-electron chi connectivity index (χ2n) is 13.5. The van der Waals surface area contributed by atoms with E-state index in [-0.39, 0.29) is 5.97 Å². The fraction of sp³-hybridized carbons (Fsp3) is 0.489. The zero-order chi connectivity index (χ0) is 35.8. The molecule has 4 aromatic rings. The van der Waals surface area contributed by atoms with Crippen LogP contribution in [0, 0.1) is 11.8 Å². The Balaban J connectivity index is 1.14. The van der Waals surface area contributed by atoms with Crippen LogP contribution in [0.25, 0.3) is 22.8 Å². The van der Waals surface area contributed by atoms with E-state index >= 15 is 0 Å². The summed E-state index contributed by atoms with van der Waals surface area (Å²) in [4.78, 5) is 17.1. The minimum absolute atomic E-state index is 0.277. The van der Waals surface area contributed by atoms with Crippen LogP contribution in [0.2, 0.25) is 0 Å². The fourth-order valence-electron chi connectivity index (χ4n) is 5.95. The maximum absolute atomic E-state index is 12.4. The van der Waals surface area contributed by atoms with Crippen LogP contribution < -0.4 is 4.74 Å². The van der Waals surface area contributed by atoms with E-state index < -0.39 is 0 Å².